The van der Waals surface area contributed by atoms with Crippen molar-refractivity contribution >= 4 is 10.0 Å². The number of rotatable bonds is 5. The van der Waals surface area contributed by atoms with Gasteiger partial charge in [0.15, 0.2) is 0 Å². The molecule has 1 aliphatic carbocycles. The van der Waals surface area contributed by atoms with Crippen LogP contribution in [-0.4, -0.2) is 15.0 Å². The molecule has 2 rings (SSSR count). The van der Waals surface area contributed by atoms with Crippen LogP contribution in [0.5, 0.6) is 0 Å². The standard InChI is InChI=1S/C14H17NO2S/c1-12-5-9-14(10-6-12)18(16,17)15-11-3-2-4-13-7-8-13/h3-6,9-10,13,15H,7-8,11H2,1H3. The molecule has 0 radical (unpaired) electrons. The Bertz CT molecular complexity index is 562. The zero-order valence-corrected chi connectivity index (χ0v) is 11.2. The monoisotopic (exact) mass is 263 g/mol. The molecule has 0 atom stereocenters. The van der Waals surface area contributed by atoms with Crippen molar-refractivity contribution in [2.24, 2.45) is 5.92 Å². The van der Waals surface area contributed by atoms with Gasteiger partial charge in [-0.05, 0) is 50.0 Å². The maximum atomic E-state index is 11.9. The lowest BCUT2D eigenvalue weighted by molar-refractivity contribution is 0.585. The van der Waals surface area contributed by atoms with E-state index in [-0.39, 0.29) is 6.54 Å². The first-order chi connectivity index (χ1) is 8.58. The van der Waals surface area contributed by atoms with Crippen molar-refractivity contribution in [3.05, 3.63) is 47.7 Å². The normalized spacial score (nSPS) is 14.9. The molecule has 18 heavy (non-hydrogen) atoms. The number of sulfonamides is 1. The van der Waals surface area contributed by atoms with E-state index in [4.69, 9.17) is 0 Å². The molecule has 1 aromatic rings. The summed E-state index contributed by atoms with van der Waals surface area (Å²) < 4.78 is 26.3. The third kappa shape index (κ3) is 3.84. The molecular weight excluding hydrogens is 246 g/mol. The first kappa shape index (κ1) is 13.1. The van der Waals surface area contributed by atoms with Gasteiger partial charge in [0.25, 0.3) is 0 Å². The molecule has 1 aliphatic rings. The van der Waals surface area contributed by atoms with Crippen LogP contribution < -0.4 is 4.72 Å². The van der Waals surface area contributed by atoms with Gasteiger partial charge in [-0.15, -0.1) is 5.73 Å². The molecule has 0 bridgehead atoms. The summed E-state index contributed by atoms with van der Waals surface area (Å²) in [6, 6.07) is 6.80. The molecule has 0 amide bonds. The molecule has 4 heteroatoms. The Labute approximate surface area is 108 Å². The zero-order chi connectivity index (χ0) is 13.0. The summed E-state index contributed by atoms with van der Waals surface area (Å²) in [4.78, 5) is 0.299. The molecule has 0 unspecified atom stereocenters. The molecule has 0 spiro atoms. The molecule has 96 valence electrons. The number of nitrogens with one attached hydrogen (secondary N) is 1. The first-order valence-electron chi connectivity index (χ1n) is 6.05. The summed E-state index contributed by atoms with van der Waals surface area (Å²) in [5.41, 5.74) is 4.05. The second-order valence-corrected chi connectivity index (χ2v) is 6.31. The fourth-order valence-corrected chi connectivity index (χ4v) is 2.44. The van der Waals surface area contributed by atoms with Gasteiger partial charge in [0.05, 0.1) is 4.90 Å². The summed E-state index contributed by atoms with van der Waals surface area (Å²) in [7, 11) is -3.40. The highest BCUT2D eigenvalue weighted by atomic mass is 32.2. The first-order valence-corrected chi connectivity index (χ1v) is 7.54. The Morgan fingerprint density at radius 3 is 2.61 bits per heavy atom. The van der Waals surface area contributed by atoms with Crippen LogP contribution in [-0.2, 0) is 10.0 Å². The minimum Gasteiger partial charge on any atom is -0.207 e. The van der Waals surface area contributed by atoms with Gasteiger partial charge in [-0.2, -0.15) is 0 Å². The van der Waals surface area contributed by atoms with Crippen molar-refractivity contribution in [2.45, 2.75) is 24.7 Å². The molecule has 0 aliphatic heterocycles. The van der Waals surface area contributed by atoms with Gasteiger partial charge in [-0.25, -0.2) is 13.1 Å². The average molecular weight is 263 g/mol. The van der Waals surface area contributed by atoms with E-state index < -0.39 is 10.0 Å². The van der Waals surface area contributed by atoms with Crippen molar-refractivity contribution in [3.63, 3.8) is 0 Å². The Kier molecular flexibility index (Phi) is 4.02. The van der Waals surface area contributed by atoms with Crippen LogP contribution >= 0.6 is 0 Å². The highest BCUT2D eigenvalue weighted by Crippen LogP contribution is 2.29. The molecule has 3 nitrogen and oxygen atoms in total. The lowest BCUT2D eigenvalue weighted by Gasteiger charge is -2.04. The lowest BCUT2D eigenvalue weighted by atomic mass is 10.2. The van der Waals surface area contributed by atoms with Gasteiger partial charge in [-0.3, -0.25) is 0 Å². The van der Waals surface area contributed by atoms with E-state index >= 15 is 0 Å². The molecule has 1 saturated carbocycles. The van der Waals surface area contributed by atoms with Gasteiger partial charge in [0.1, 0.15) is 0 Å². The Balaban J connectivity index is 1.94. The Hall–Kier alpha value is -1.35. The Morgan fingerprint density at radius 1 is 1.33 bits per heavy atom. The van der Waals surface area contributed by atoms with Gasteiger partial charge >= 0.3 is 0 Å². The van der Waals surface area contributed by atoms with Crippen molar-refractivity contribution < 1.29 is 8.42 Å². The second-order valence-electron chi connectivity index (χ2n) is 4.54. The highest BCUT2D eigenvalue weighted by Gasteiger charge is 2.16. The predicted molar refractivity (Wildman–Crippen MR) is 71.7 cm³/mol. The van der Waals surface area contributed by atoms with Gasteiger partial charge < -0.3 is 0 Å². The molecule has 0 saturated heterocycles. The van der Waals surface area contributed by atoms with Crippen LogP contribution in [0.2, 0.25) is 0 Å². The van der Waals surface area contributed by atoms with Gasteiger partial charge in [0, 0.05) is 6.54 Å². The third-order valence-electron chi connectivity index (χ3n) is 2.78. The van der Waals surface area contributed by atoms with Crippen LogP contribution in [0, 0.1) is 12.8 Å². The number of hydrogen-bond donors (Lipinski definition) is 1. The van der Waals surface area contributed by atoms with E-state index in [0.717, 1.165) is 5.56 Å². The zero-order valence-electron chi connectivity index (χ0n) is 10.4. The SMILES string of the molecule is Cc1ccc(S(=O)(=O)NCC=C=CC2CC2)cc1. The van der Waals surface area contributed by atoms with E-state index in [0.29, 0.717) is 10.8 Å². The van der Waals surface area contributed by atoms with Gasteiger partial charge in [-0.1, -0.05) is 17.7 Å². The average Bonchev–Trinajstić information content (AvgIpc) is 3.13. The molecule has 0 heterocycles. The number of benzene rings is 1. The largest absolute Gasteiger partial charge is 0.240 e. The smallest absolute Gasteiger partial charge is 0.207 e. The van der Waals surface area contributed by atoms with Crippen LogP contribution in [0.15, 0.2) is 47.0 Å². The van der Waals surface area contributed by atoms with Gasteiger partial charge in [0.2, 0.25) is 10.0 Å². The predicted octanol–water partition coefficient (Wildman–Crippen LogP) is 2.39. The molecule has 0 aromatic heterocycles. The summed E-state index contributed by atoms with van der Waals surface area (Å²) in [5.74, 6) is 0.662. The second kappa shape index (κ2) is 5.53. The fraction of sp³-hybridized carbons (Fsp3) is 0.357. The highest BCUT2D eigenvalue weighted by molar-refractivity contribution is 7.89. The van der Waals surface area contributed by atoms with E-state index in [9.17, 15) is 8.42 Å². The fourth-order valence-electron chi connectivity index (χ4n) is 1.48. The number of aryl methyl sites for hydroxylation is 1. The van der Waals surface area contributed by atoms with Crippen LogP contribution in [0.4, 0.5) is 0 Å². The topological polar surface area (TPSA) is 46.2 Å². The molecular formula is C14H17NO2S. The minimum atomic E-state index is -3.40. The molecule has 1 N–H and O–H groups in total. The van der Waals surface area contributed by atoms with E-state index in [2.05, 4.69) is 10.5 Å². The van der Waals surface area contributed by atoms with E-state index in [1.165, 1.54) is 12.8 Å². The Morgan fingerprint density at radius 2 is 2.00 bits per heavy atom. The lowest BCUT2D eigenvalue weighted by Crippen LogP contribution is -2.23. The van der Waals surface area contributed by atoms with Crippen molar-refractivity contribution in [3.8, 4) is 0 Å². The molecule has 1 fully saturated rings. The molecule has 1 aromatic carbocycles. The number of hydrogen-bond acceptors (Lipinski definition) is 2. The van der Waals surface area contributed by atoms with E-state index in [1.54, 1.807) is 30.3 Å². The van der Waals surface area contributed by atoms with Crippen molar-refractivity contribution in [1.29, 1.82) is 0 Å². The van der Waals surface area contributed by atoms with Crippen LogP contribution in [0.25, 0.3) is 0 Å². The third-order valence-corrected chi connectivity index (χ3v) is 4.22. The summed E-state index contributed by atoms with van der Waals surface area (Å²) in [6.07, 6.45) is 6.18. The quantitative estimate of drug-likeness (QED) is 0.829. The minimum absolute atomic E-state index is 0.277. The summed E-state index contributed by atoms with van der Waals surface area (Å²) in [5, 5.41) is 0. The summed E-state index contributed by atoms with van der Waals surface area (Å²) >= 11 is 0. The van der Waals surface area contributed by atoms with Crippen LogP contribution in [0.3, 0.4) is 0 Å². The maximum Gasteiger partial charge on any atom is 0.240 e. The van der Waals surface area contributed by atoms with Crippen LogP contribution in [0.1, 0.15) is 18.4 Å². The van der Waals surface area contributed by atoms with Crippen molar-refractivity contribution in [2.75, 3.05) is 6.54 Å². The van der Waals surface area contributed by atoms with Crippen molar-refractivity contribution in [1.82, 2.24) is 4.72 Å². The van der Waals surface area contributed by atoms with E-state index in [1.807, 2.05) is 13.0 Å². The maximum absolute atomic E-state index is 11.9. The summed E-state index contributed by atoms with van der Waals surface area (Å²) in [6.45, 7) is 2.20.